The summed E-state index contributed by atoms with van der Waals surface area (Å²) in [6, 6.07) is 5.29. The van der Waals surface area contributed by atoms with Crippen LogP contribution in [0.5, 0.6) is 0 Å². The molecular weight excluding hydrogens is 231 g/mol. The number of carbonyl (C=O) groups is 1. The quantitative estimate of drug-likeness (QED) is 0.572. The number of hydrogen-bond acceptors (Lipinski definition) is 1. The Kier molecular flexibility index (Phi) is 4.86. The van der Waals surface area contributed by atoms with Gasteiger partial charge in [-0.2, -0.15) is 0 Å². The predicted molar refractivity (Wildman–Crippen MR) is 65.8 cm³/mol. The SMILES string of the molecule is CC(=O)c1ccc(C=CCCCl)c(Cl)c1. The van der Waals surface area contributed by atoms with Crippen molar-refractivity contribution in [3.63, 3.8) is 0 Å². The second kappa shape index (κ2) is 5.94. The molecule has 0 spiro atoms. The van der Waals surface area contributed by atoms with Crippen molar-refractivity contribution in [3.05, 3.63) is 40.4 Å². The minimum absolute atomic E-state index is 0.0215. The van der Waals surface area contributed by atoms with Gasteiger partial charge in [-0.05, 0) is 25.0 Å². The molecule has 0 aliphatic carbocycles. The molecule has 0 aromatic heterocycles. The molecule has 0 heterocycles. The van der Waals surface area contributed by atoms with E-state index in [4.69, 9.17) is 23.2 Å². The molecule has 1 aromatic rings. The van der Waals surface area contributed by atoms with Crippen molar-refractivity contribution in [2.24, 2.45) is 0 Å². The van der Waals surface area contributed by atoms with Gasteiger partial charge in [0.25, 0.3) is 0 Å². The largest absolute Gasteiger partial charge is 0.295 e. The fourth-order valence-corrected chi connectivity index (χ4v) is 1.52. The van der Waals surface area contributed by atoms with E-state index < -0.39 is 0 Å². The molecule has 0 bridgehead atoms. The van der Waals surface area contributed by atoms with Crippen LogP contribution in [0, 0.1) is 0 Å². The Morgan fingerprint density at radius 1 is 1.47 bits per heavy atom. The minimum Gasteiger partial charge on any atom is -0.295 e. The summed E-state index contributed by atoms with van der Waals surface area (Å²) in [5, 5.41) is 0.591. The molecule has 1 rings (SSSR count). The van der Waals surface area contributed by atoms with Gasteiger partial charge in [0.2, 0.25) is 0 Å². The van der Waals surface area contributed by atoms with Crippen LogP contribution in [0.15, 0.2) is 24.3 Å². The second-order valence-electron chi connectivity index (χ2n) is 3.17. The Morgan fingerprint density at radius 2 is 2.20 bits per heavy atom. The summed E-state index contributed by atoms with van der Waals surface area (Å²) >= 11 is 11.6. The molecule has 0 amide bonds. The van der Waals surface area contributed by atoms with Crippen molar-refractivity contribution in [3.8, 4) is 0 Å². The molecule has 0 unspecified atom stereocenters. The Bertz CT molecular complexity index is 383. The van der Waals surface area contributed by atoms with E-state index in [1.807, 2.05) is 18.2 Å². The predicted octanol–water partition coefficient (Wildman–Crippen LogP) is 4.18. The molecule has 0 saturated carbocycles. The van der Waals surface area contributed by atoms with Crippen molar-refractivity contribution in [2.75, 3.05) is 5.88 Å². The van der Waals surface area contributed by atoms with Gasteiger partial charge in [-0.15, -0.1) is 11.6 Å². The summed E-state index contributed by atoms with van der Waals surface area (Å²) in [6.07, 6.45) is 4.68. The van der Waals surface area contributed by atoms with Crippen molar-refractivity contribution in [1.82, 2.24) is 0 Å². The van der Waals surface area contributed by atoms with Crippen LogP contribution in [-0.4, -0.2) is 11.7 Å². The zero-order chi connectivity index (χ0) is 11.3. The van der Waals surface area contributed by atoms with Crippen LogP contribution in [0.3, 0.4) is 0 Å². The average molecular weight is 243 g/mol. The first kappa shape index (κ1) is 12.3. The maximum Gasteiger partial charge on any atom is 0.159 e. The molecule has 0 aliphatic rings. The fraction of sp³-hybridized carbons (Fsp3) is 0.250. The van der Waals surface area contributed by atoms with Crippen LogP contribution >= 0.6 is 23.2 Å². The smallest absolute Gasteiger partial charge is 0.159 e. The van der Waals surface area contributed by atoms with Crippen molar-refractivity contribution in [2.45, 2.75) is 13.3 Å². The van der Waals surface area contributed by atoms with Crippen LogP contribution in [0.25, 0.3) is 6.08 Å². The molecule has 0 saturated heterocycles. The molecule has 0 N–H and O–H groups in total. The number of ketones is 1. The van der Waals surface area contributed by atoms with Gasteiger partial charge in [-0.25, -0.2) is 0 Å². The van der Waals surface area contributed by atoms with Crippen molar-refractivity contribution in [1.29, 1.82) is 0 Å². The van der Waals surface area contributed by atoms with Gasteiger partial charge >= 0.3 is 0 Å². The summed E-state index contributed by atoms with van der Waals surface area (Å²) in [5.41, 5.74) is 1.54. The summed E-state index contributed by atoms with van der Waals surface area (Å²) in [4.78, 5) is 11.1. The third kappa shape index (κ3) is 3.69. The molecule has 0 atom stereocenters. The van der Waals surface area contributed by atoms with E-state index in [0.29, 0.717) is 16.5 Å². The highest BCUT2D eigenvalue weighted by atomic mass is 35.5. The van der Waals surface area contributed by atoms with Crippen LogP contribution in [-0.2, 0) is 0 Å². The van der Waals surface area contributed by atoms with Crippen LogP contribution in [0.2, 0.25) is 5.02 Å². The highest BCUT2D eigenvalue weighted by Gasteiger charge is 2.02. The first-order valence-electron chi connectivity index (χ1n) is 4.68. The number of Topliss-reactive ketones (excluding diaryl/α,β-unsaturated/α-hetero) is 1. The lowest BCUT2D eigenvalue weighted by Crippen LogP contribution is -1.91. The van der Waals surface area contributed by atoms with Gasteiger partial charge in [-0.3, -0.25) is 4.79 Å². The van der Waals surface area contributed by atoms with Crippen molar-refractivity contribution < 1.29 is 4.79 Å². The molecule has 0 fully saturated rings. The van der Waals surface area contributed by atoms with Gasteiger partial charge < -0.3 is 0 Å². The maximum absolute atomic E-state index is 11.1. The van der Waals surface area contributed by atoms with Gasteiger partial charge in [0.05, 0.1) is 0 Å². The van der Waals surface area contributed by atoms with E-state index in [9.17, 15) is 4.79 Å². The molecular formula is C12H12Cl2O. The number of hydrogen-bond donors (Lipinski definition) is 0. The zero-order valence-electron chi connectivity index (χ0n) is 8.47. The van der Waals surface area contributed by atoms with Gasteiger partial charge in [0, 0.05) is 16.5 Å². The van der Waals surface area contributed by atoms with Gasteiger partial charge in [0.1, 0.15) is 0 Å². The highest BCUT2D eigenvalue weighted by Crippen LogP contribution is 2.19. The molecule has 3 heteroatoms. The van der Waals surface area contributed by atoms with Crippen LogP contribution in [0.4, 0.5) is 0 Å². The third-order valence-electron chi connectivity index (χ3n) is 1.98. The lowest BCUT2D eigenvalue weighted by Gasteiger charge is -2.00. The lowest BCUT2D eigenvalue weighted by molar-refractivity contribution is 0.101. The van der Waals surface area contributed by atoms with E-state index >= 15 is 0 Å². The maximum atomic E-state index is 11.1. The van der Waals surface area contributed by atoms with Crippen LogP contribution in [0.1, 0.15) is 29.3 Å². The van der Waals surface area contributed by atoms with E-state index in [2.05, 4.69) is 0 Å². The average Bonchev–Trinajstić information content (AvgIpc) is 2.20. The number of alkyl halides is 1. The van der Waals surface area contributed by atoms with Gasteiger partial charge in [-0.1, -0.05) is 35.9 Å². The van der Waals surface area contributed by atoms with Crippen molar-refractivity contribution >= 4 is 35.1 Å². The van der Waals surface area contributed by atoms with E-state index in [1.165, 1.54) is 6.92 Å². The first-order chi connectivity index (χ1) is 7.15. The minimum atomic E-state index is 0.0215. The van der Waals surface area contributed by atoms with Crippen LogP contribution < -0.4 is 0 Å². The topological polar surface area (TPSA) is 17.1 Å². The second-order valence-corrected chi connectivity index (χ2v) is 3.96. The number of halogens is 2. The molecule has 1 aromatic carbocycles. The molecule has 0 aliphatic heterocycles. The van der Waals surface area contributed by atoms with E-state index in [1.54, 1.807) is 12.1 Å². The fourth-order valence-electron chi connectivity index (χ4n) is 1.15. The van der Waals surface area contributed by atoms with Gasteiger partial charge in [0.15, 0.2) is 5.78 Å². The van der Waals surface area contributed by atoms with E-state index in [0.717, 1.165) is 12.0 Å². The summed E-state index contributed by atoms with van der Waals surface area (Å²) in [6.45, 7) is 1.52. The highest BCUT2D eigenvalue weighted by molar-refractivity contribution is 6.32. The Hall–Kier alpha value is -0.790. The normalized spacial score (nSPS) is 10.9. The first-order valence-corrected chi connectivity index (χ1v) is 5.59. The number of allylic oxidation sites excluding steroid dienone is 1. The molecule has 80 valence electrons. The zero-order valence-corrected chi connectivity index (χ0v) is 9.98. The number of carbonyl (C=O) groups excluding carboxylic acids is 1. The van der Waals surface area contributed by atoms with E-state index in [-0.39, 0.29) is 5.78 Å². The number of benzene rings is 1. The molecule has 1 nitrogen and oxygen atoms in total. The summed E-state index contributed by atoms with van der Waals surface area (Å²) in [5.74, 6) is 0.618. The molecule has 15 heavy (non-hydrogen) atoms. The molecule has 0 radical (unpaired) electrons. The lowest BCUT2D eigenvalue weighted by atomic mass is 10.1. The third-order valence-corrected chi connectivity index (χ3v) is 2.53. The summed E-state index contributed by atoms with van der Waals surface area (Å²) in [7, 11) is 0. The summed E-state index contributed by atoms with van der Waals surface area (Å²) < 4.78 is 0. The monoisotopic (exact) mass is 242 g/mol. The Labute approximate surface area is 99.7 Å². The standard InChI is InChI=1S/C12H12Cl2O/c1-9(15)11-6-5-10(12(14)8-11)4-2-3-7-13/h2,4-6,8H,3,7H2,1H3. The Morgan fingerprint density at radius 3 is 2.73 bits per heavy atom. The Balaban J connectivity index is 2.88. The number of rotatable bonds is 4.